The first-order valence-corrected chi connectivity index (χ1v) is 24.3. The van der Waals surface area contributed by atoms with Crippen molar-refractivity contribution in [2.24, 2.45) is 0 Å². The Morgan fingerprint density at radius 1 is 0.359 bits per heavy atom. The van der Waals surface area contributed by atoms with E-state index in [1.54, 1.807) is 6.08 Å². The Balaban J connectivity index is 4.60. The van der Waals surface area contributed by atoms with Gasteiger partial charge in [0.1, 0.15) is 13.2 Å². The van der Waals surface area contributed by atoms with E-state index in [9.17, 15) is 14.4 Å². The predicted octanol–water partition coefficient (Wildman–Crippen LogP) is 16.0. The molecule has 0 aliphatic carbocycles. The SMILES string of the molecule is CC\C=C/C=C\C=C/C=C\C=C\C=C/C=C\CCCCCC(=O)OCC(COC(=O)C/C=C\C/C=C\C/C=C\CC)OC(=O)CCCCCCC\C=C/C=C\C=C/C=C\CCCCC. The summed E-state index contributed by atoms with van der Waals surface area (Å²) in [6.07, 6.45) is 75.0. The second-order valence-corrected chi connectivity index (χ2v) is 15.2. The molecule has 0 aliphatic rings. The molecule has 0 radical (unpaired) electrons. The van der Waals surface area contributed by atoms with Gasteiger partial charge < -0.3 is 14.2 Å². The van der Waals surface area contributed by atoms with Crippen molar-refractivity contribution in [3.05, 3.63) is 170 Å². The molecule has 1 atom stereocenters. The van der Waals surface area contributed by atoms with Gasteiger partial charge in [-0.05, 0) is 77.0 Å². The van der Waals surface area contributed by atoms with Crippen LogP contribution in [0.1, 0.15) is 156 Å². The average molecular weight is 877 g/mol. The maximum atomic E-state index is 12.8. The van der Waals surface area contributed by atoms with Gasteiger partial charge in [0.05, 0.1) is 6.42 Å². The van der Waals surface area contributed by atoms with Crippen LogP contribution < -0.4 is 0 Å². The minimum Gasteiger partial charge on any atom is -0.462 e. The zero-order valence-electron chi connectivity index (χ0n) is 40.0. The normalized spacial score (nSPS) is 13.6. The zero-order chi connectivity index (χ0) is 46.5. The summed E-state index contributed by atoms with van der Waals surface area (Å²) in [5.41, 5.74) is 0. The van der Waals surface area contributed by atoms with Gasteiger partial charge in [-0.1, -0.05) is 229 Å². The van der Waals surface area contributed by atoms with E-state index < -0.39 is 12.1 Å². The molecule has 1 unspecified atom stereocenters. The van der Waals surface area contributed by atoms with Crippen molar-refractivity contribution in [3.63, 3.8) is 0 Å². The summed E-state index contributed by atoms with van der Waals surface area (Å²) in [6.45, 7) is 6.13. The van der Waals surface area contributed by atoms with E-state index in [4.69, 9.17) is 14.2 Å². The number of hydrogen-bond acceptors (Lipinski definition) is 6. The molecular weight excluding hydrogens is 793 g/mol. The number of hydrogen-bond donors (Lipinski definition) is 0. The maximum absolute atomic E-state index is 12.8. The average Bonchev–Trinajstić information content (AvgIpc) is 3.29. The lowest BCUT2D eigenvalue weighted by molar-refractivity contribution is -0.166. The van der Waals surface area contributed by atoms with Gasteiger partial charge in [0.15, 0.2) is 6.10 Å². The molecule has 0 spiro atoms. The molecule has 6 nitrogen and oxygen atoms in total. The largest absolute Gasteiger partial charge is 0.462 e. The van der Waals surface area contributed by atoms with Crippen LogP contribution in [0.25, 0.3) is 0 Å². The van der Waals surface area contributed by atoms with Gasteiger partial charge in [0, 0.05) is 12.8 Å². The van der Waals surface area contributed by atoms with E-state index in [0.29, 0.717) is 12.8 Å². The highest BCUT2D eigenvalue weighted by molar-refractivity contribution is 5.72. The third kappa shape index (κ3) is 47.8. The van der Waals surface area contributed by atoms with E-state index in [2.05, 4.69) is 99.8 Å². The number of rotatable bonds is 40. The van der Waals surface area contributed by atoms with Gasteiger partial charge in [-0.25, -0.2) is 0 Å². The van der Waals surface area contributed by atoms with Crippen LogP contribution in [0.3, 0.4) is 0 Å². The van der Waals surface area contributed by atoms with Crippen LogP contribution in [0.5, 0.6) is 0 Å². The molecule has 0 amide bonds. The third-order valence-corrected chi connectivity index (χ3v) is 9.26. The molecule has 64 heavy (non-hydrogen) atoms. The van der Waals surface area contributed by atoms with Crippen molar-refractivity contribution in [2.45, 2.75) is 162 Å². The van der Waals surface area contributed by atoms with Gasteiger partial charge in [0.25, 0.3) is 0 Å². The van der Waals surface area contributed by atoms with Gasteiger partial charge in [-0.15, -0.1) is 0 Å². The fourth-order valence-electron chi connectivity index (χ4n) is 5.67. The van der Waals surface area contributed by atoms with Crippen molar-refractivity contribution in [1.82, 2.24) is 0 Å². The second-order valence-electron chi connectivity index (χ2n) is 15.2. The molecule has 0 bridgehead atoms. The monoisotopic (exact) mass is 877 g/mol. The number of allylic oxidation sites excluding steroid dienone is 27. The minimum atomic E-state index is -0.854. The number of carbonyl (C=O) groups excluding carboxylic acids is 3. The van der Waals surface area contributed by atoms with E-state index >= 15 is 0 Å². The molecule has 0 aromatic heterocycles. The summed E-state index contributed by atoms with van der Waals surface area (Å²) in [5.74, 6) is -1.16. The third-order valence-electron chi connectivity index (χ3n) is 9.26. The summed E-state index contributed by atoms with van der Waals surface area (Å²) in [7, 11) is 0. The molecule has 0 saturated heterocycles. The van der Waals surface area contributed by atoms with Crippen molar-refractivity contribution in [3.8, 4) is 0 Å². The Labute approximate surface area is 390 Å². The van der Waals surface area contributed by atoms with Gasteiger partial charge in [-0.2, -0.15) is 0 Å². The first-order valence-electron chi connectivity index (χ1n) is 24.3. The van der Waals surface area contributed by atoms with Crippen molar-refractivity contribution in [1.29, 1.82) is 0 Å². The summed E-state index contributed by atoms with van der Waals surface area (Å²) in [5, 5.41) is 0. The lowest BCUT2D eigenvalue weighted by Gasteiger charge is -2.18. The summed E-state index contributed by atoms with van der Waals surface area (Å²) in [4.78, 5) is 37.8. The first-order chi connectivity index (χ1) is 31.5. The Hall–Kier alpha value is -5.23. The van der Waals surface area contributed by atoms with E-state index in [1.807, 2.05) is 85.1 Å². The Bertz CT molecular complexity index is 1570. The molecule has 352 valence electrons. The topological polar surface area (TPSA) is 78.9 Å². The van der Waals surface area contributed by atoms with Crippen molar-refractivity contribution in [2.75, 3.05) is 13.2 Å². The highest BCUT2D eigenvalue weighted by atomic mass is 16.6. The first kappa shape index (κ1) is 58.8. The highest BCUT2D eigenvalue weighted by Crippen LogP contribution is 2.11. The number of carbonyl (C=O) groups is 3. The lowest BCUT2D eigenvalue weighted by atomic mass is 10.1. The summed E-state index contributed by atoms with van der Waals surface area (Å²) in [6, 6.07) is 0. The predicted molar refractivity (Wildman–Crippen MR) is 274 cm³/mol. The van der Waals surface area contributed by atoms with Crippen LogP contribution in [0.4, 0.5) is 0 Å². The van der Waals surface area contributed by atoms with Gasteiger partial charge in [-0.3, -0.25) is 14.4 Å². The minimum absolute atomic E-state index is 0.111. The molecular formula is C58H84O6. The fraction of sp³-hybridized carbons (Fsp3) is 0.466. The molecule has 0 rings (SSSR count). The molecule has 0 saturated carbocycles. The van der Waals surface area contributed by atoms with Crippen LogP contribution in [-0.2, 0) is 28.6 Å². The molecule has 0 aromatic rings. The Morgan fingerprint density at radius 2 is 0.734 bits per heavy atom. The van der Waals surface area contributed by atoms with E-state index in [-0.39, 0.29) is 44.4 Å². The molecule has 0 aliphatic heterocycles. The second kappa shape index (κ2) is 50.4. The molecule has 0 N–H and O–H groups in total. The lowest BCUT2D eigenvalue weighted by Crippen LogP contribution is -2.30. The van der Waals surface area contributed by atoms with Crippen LogP contribution >= 0.6 is 0 Å². The van der Waals surface area contributed by atoms with Crippen molar-refractivity contribution < 1.29 is 28.6 Å². The fourth-order valence-corrected chi connectivity index (χ4v) is 5.67. The maximum Gasteiger partial charge on any atom is 0.309 e. The molecule has 6 heteroatoms. The molecule has 0 fully saturated rings. The summed E-state index contributed by atoms with van der Waals surface area (Å²) >= 11 is 0. The van der Waals surface area contributed by atoms with Crippen molar-refractivity contribution >= 4 is 17.9 Å². The van der Waals surface area contributed by atoms with Gasteiger partial charge >= 0.3 is 17.9 Å². The number of esters is 3. The summed E-state index contributed by atoms with van der Waals surface area (Å²) < 4.78 is 16.6. The van der Waals surface area contributed by atoms with E-state index in [1.165, 1.54) is 19.3 Å². The zero-order valence-corrected chi connectivity index (χ0v) is 40.0. The van der Waals surface area contributed by atoms with Crippen LogP contribution in [0.2, 0.25) is 0 Å². The standard InChI is InChI=1S/C58H84O6/c1-4-7-10-13-16-19-21-23-25-27-29-31-32-34-36-39-42-45-48-51-57(60)63-54-55(53-62-56(59)50-47-44-41-38-18-15-12-9-6-3)64-58(61)52-49-46-43-40-37-35-33-30-28-26-24-22-20-17-14-11-8-5-2/h7,9-10,12-13,16-34,36,38,44,47,55H,4-6,8,11,14-15,35,37,39-43,45-46,48-54H2,1-3H3/b10-7-,12-9-,16-13-,20-17-,21-19-,24-22-,25-23-,28-26-,29-27+,32-31-,33-30-,36-34-,38-18-,47-44-. The highest BCUT2D eigenvalue weighted by Gasteiger charge is 2.19. The van der Waals surface area contributed by atoms with Crippen LogP contribution in [0, 0.1) is 0 Å². The number of ether oxygens (including phenoxy) is 3. The van der Waals surface area contributed by atoms with Crippen LogP contribution in [-0.4, -0.2) is 37.2 Å². The van der Waals surface area contributed by atoms with Crippen LogP contribution in [0.15, 0.2) is 170 Å². The molecule has 0 heterocycles. The molecule has 0 aromatic carbocycles. The van der Waals surface area contributed by atoms with Gasteiger partial charge in [0.2, 0.25) is 0 Å². The number of unbranched alkanes of at least 4 members (excludes halogenated alkanes) is 11. The van der Waals surface area contributed by atoms with E-state index in [0.717, 1.165) is 83.5 Å². The Morgan fingerprint density at radius 3 is 1.23 bits per heavy atom. The quantitative estimate of drug-likeness (QED) is 0.0201. The Kier molecular flexibility index (Phi) is 46.3. The smallest absolute Gasteiger partial charge is 0.309 e.